The van der Waals surface area contributed by atoms with Crippen LogP contribution in [0.2, 0.25) is 0 Å². The molecule has 0 amide bonds. The SMILES string of the molecule is COc1ccc(-c2c(O)ccc3c2CCCC3)c(Cc2ccc(OCCN3CCC(C)CC3)cc2)c1N. The van der Waals surface area contributed by atoms with Gasteiger partial charge in [0, 0.05) is 18.5 Å². The Morgan fingerprint density at radius 1 is 0.973 bits per heavy atom. The normalized spacial score (nSPS) is 16.4. The standard InChI is InChI=1S/C32H40N2O3/c1-22-15-17-34(18-16-22)19-20-37-25-10-7-23(8-11-25)21-28-27(12-14-30(36-2)32(28)33)31-26-6-4-3-5-24(26)9-13-29(31)35/h7-14,22,35H,3-6,15-21,33H2,1-2H3. The molecule has 196 valence electrons. The van der Waals surface area contributed by atoms with E-state index < -0.39 is 0 Å². The van der Waals surface area contributed by atoms with E-state index in [9.17, 15) is 5.11 Å². The average molecular weight is 501 g/mol. The summed E-state index contributed by atoms with van der Waals surface area (Å²) in [6, 6.07) is 16.2. The Balaban J connectivity index is 1.35. The van der Waals surface area contributed by atoms with Gasteiger partial charge in [-0.3, -0.25) is 4.90 Å². The Hall–Kier alpha value is -3.18. The van der Waals surface area contributed by atoms with E-state index >= 15 is 0 Å². The molecule has 0 saturated carbocycles. The first-order valence-corrected chi connectivity index (χ1v) is 13.8. The summed E-state index contributed by atoms with van der Waals surface area (Å²) in [6.45, 7) is 6.37. The number of phenolic OH excluding ortho intramolecular Hbond substituents is 1. The fourth-order valence-electron chi connectivity index (χ4n) is 5.85. The van der Waals surface area contributed by atoms with Gasteiger partial charge >= 0.3 is 0 Å². The van der Waals surface area contributed by atoms with Gasteiger partial charge in [0.1, 0.15) is 23.9 Å². The van der Waals surface area contributed by atoms with Crippen LogP contribution >= 0.6 is 0 Å². The Morgan fingerprint density at radius 2 is 1.73 bits per heavy atom. The summed E-state index contributed by atoms with van der Waals surface area (Å²) in [7, 11) is 1.65. The van der Waals surface area contributed by atoms with E-state index in [0.29, 0.717) is 30.2 Å². The minimum atomic E-state index is 0.318. The van der Waals surface area contributed by atoms with E-state index in [1.807, 2.05) is 30.3 Å². The van der Waals surface area contributed by atoms with Gasteiger partial charge in [-0.05, 0) is 110 Å². The number of nitrogens with two attached hydrogens (primary N) is 1. The van der Waals surface area contributed by atoms with E-state index in [2.05, 4.69) is 30.0 Å². The Kier molecular flexibility index (Phi) is 7.90. The molecule has 0 spiro atoms. The van der Waals surface area contributed by atoms with Crippen molar-refractivity contribution in [3.63, 3.8) is 0 Å². The molecule has 0 atom stereocenters. The molecular formula is C32H40N2O3. The summed E-state index contributed by atoms with van der Waals surface area (Å²) in [5.41, 5.74) is 13.9. The molecule has 5 nitrogen and oxygen atoms in total. The largest absolute Gasteiger partial charge is 0.507 e. The van der Waals surface area contributed by atoms with Crippen LogP contribution in [-0.4, -0.2) is 43.4 Å². The van der Waals surface area contributed by atoms with E-state index in [1.165, 1.54) is 43.5 Å². The zero-order valence-corrected chi connectivity index (χ0v) is 22.3. The quantitative estimate of drug-likeness (QED) is 0.359. The van der Waals surface area contributed by atoms with Gasteiger partial charge in [-0.2, -0.15) is 0 Å². The number of likely N-dealkylation sites (tertiary alicyclic amines) is 1. The minimum Gasteiger partial charge on any atom is -0.507 e. The third kappa shape index (κ3) is 5.72. The van der Waals surface area contributed by atoms with Gasteiger partial charge in [0.15, 0.2) is 0 Å². The first-order chi connectivity index (χ1) is 18.0. The van der Waals surface area contributed by atoms with Crippen molar-refractivity contribution in [2.75, 3.05) is 39.1 Å². The number of nitrogens with zero attached hydrogens (tertiary/aromatic N) is 1. The zero-order chi connectivity index (χ0) is 25.8. The number of anilines is 1. The second-order valence-electron chi connectivity index (χ2n) is 10.7. The summed E-state index contributed by atoms with van der Waals surface area (Å²) >= 11 is 0. The second-order valence-corrected chi connectivity index (χ2v) is 10.7. The number of rotatable bonds is 8. The number of hydrogen-bond acceptors (Lipinski definition) is 5. The number of ether oxygens (including phenoxy) is 2. The van der Waals surface area contributed by atoms with Crippen LogP contribution in [-0.2, 0) is 19.3 Å². The molecule has 2 aliphatic rings. The van der Waals surface area contributed by atoms with Crippen molar-refractivity contribution in [2.24, 2.45) is 5.92 Å². The molecule has 3 aromatic rings. The lowest BCUT2D eigenvalue weighted by atomic mass is 9.83. The third-order valence-electron chi connectivity index (χ3n) is 8.17. The Bertz CT molecular complexity index is 1210. The average Bonchev–Trinajstić information content (AvgIpc) is 2.92. The minimum absolute atomic E-state index is 0.318. The highest BCUT2D eigenvalue weighted by Crippen LogP contribution is 2.43. The summed E-state index contributed by atoms with van der Waals surface area (Å²) in [5.74, 6) is 2.72. The lowest BCUT2D eigenvalue weighted by Gasteiger charge is -2.29. The lowest BCUT2D eigenvalue weighted by molar-refractivity contribution is 0.160. The van der Waals surface area contributed by atoms with Crippen LogP contribution in [0.3, 0.4) is 0 Å². The third-order valence-corrected chi connectivity index (χ3v) is 8.17. The van der Waals surface area contributed by atoms with Crippen LogP contribution < -0.4 is 15.2 Å². The molecule has 1 aliphatic carbocycles. The van der Waals surface area contributed by atoms with Crippen LogP contribution in [0.15, 0.2) is 48.5 Å². The van der Waals surface area contributed by atoms with E-state index in [1.54, 1.807) is 7.11 Å². The number of piperidine rings is 1. The van der Waals surface area contributed by atoms with Gasteiger partial charge in [-0.1, -0.05) is 31.2 Å². The summed E-state index contributed by atoms with van der Waals surface area (Å²) in [6.07, 6.45) is 7.59. The molecule has 1 aliphatic heterocycles. The molecule has 5 heteroatoms. The second kappa shape index (κ2) is 11.5. The number of fused-ring (bicyclic) bond motifs is 1. The van der Waals surface area contributed by atoms with E-state index in [4.69, 9.17) is 15.2 Å². The van der Waals surface area contributed by atoms with Crippen LogP contribution in [0.5, 0.6) is 17.2 Å². The molecule has 1 fully saturated rings. The van der Waals surface area contributed by atoms with Crippen molar-refractivity contribution in [1.82, 2.24) is 4.90 Å². The lowest BCUT2D eigenvalue weighted by Crippen LogP contribution is -2.35. The van der Waals surface area contributed by atoms with Gasteiger partial charge in [-0.25, -0.2) is 0 Å². The first kappa shape index (κ1) is 25.5. The topological polar surface area (TPSA) is 68.0 Å². The zero-order valence-electron chi connectivity index (χ0n) is 22.3. The smallest absolute Gasteiger partial charge is 0.142 e. The van der Waals surface area contributed by atoms with E-state index in [0.717, 1.165) is 59.7 Å². The number of benzene rings is 3. The Labute approximate surface area is 221 Å². The van der Waals surface area contributed by atoms with Gasteiger partial charge in [0.2, 0.25) is 0 Å². The molecule has 0 radical (unpaired) electrons. The number of nitrogen functional groups attached to an aromatic ring is 1. The molecule has 37 heavy (non-hydrogen) atoms. The fraction of sp³-hybridized carbons (Fsp3) is 0.438. The highest BCUT2D eigenvalue weighted by molar-refractivity contribution is 5.83. The molecular weight excluding hydrogens is 460 g/mol. The number of aryl methyl sites for hydroxylation is 1. The van der Waals surface area contributed by atoms with Crippen LogP contribution in [0.25, 0.3) is 11.1 Å². The predicted molar refractivity (Wildman–Crippen MR) is 151 cm³/mol. The molecule has 3 aromatic carbocycles. The van der Waals surface area contributed by atoms with Gasteiger partial charge in [0.25, 0.3) is 0 Å². The molecule has 3 N–H and O–H groups in total. The van der Waals surface area contributed by atoms with Crippen molar-refractivity contribution >= 4 is 5.69 Å². The molecule has 0 bridgehead atoms. The molecule has 0 unspecified atom stereocenters. The van der Waals surface area contributed by atoms with Crippen LogP contribution in [0.1, 0.15) is 54.9 Å². The summed E-state index contributed by atoms with van der Waals surface area (Å²) < 4.78 is 11.6. The number of hydrogen-bond donors (Lipinski definition) is 2. The van der Waals surface area contributed by atoms with Gasteiger partial charge < -0.3 is 20.3 Å². The maximum absolute atomic E-state index is 11.0. The summed E-state index contributed by atoms with van der Waals surface area (Å²) in [5, 5.41) is 11.0. The van der Waals surface area contributed by atoms with Crippen LogP contribution in [0, 0.1) is 5.92 Å². The highest BCUT2D eigenvalue weighted by Gasteiger charge is 2.22. The maximum atomic E-state index is 11.0. The fourth-order valence-corrected chi connectivity index (χ4v) is 5.85. The monoisotopic (exact) mass is 500 g/mol. The van der Waals surface area contributed by atoms with Crippen molar-refractivity contribution in [2.45, 2.75) is 51.9 Å². The molecule has 1 heterocycles. The molecule has 1 saturated heterocycles. The molecule has 5 rings (SSSR count). The number of phenols is 1. The van der Waals surface area contributed by atoms with Crippen molar-refractivity contribution in [3.05, 3.63) is 70.8 Å². The number of aromatic hydroxyl groups is 1. The predicted octanol–water partition coefficient (Wildman–Crippen LogP) is 6.23. The van der Waals surface area contributed by atoms with Crippen LogP contribution in [0.4, 0.5) is 5.69 Å². The first-order valence-electron chi connectivity index (χ1n) is 13.8. The van der Waals surface area contributed by atoms with E-state index in [-0.39, 0.29) is 0 Å². The number of methoxy groups -OCH3 is 1. The molecule has 0 aromatic heterocycles. The maximum Gasteiger partial charge on any atom is 0.142 e. The summed E-state index contributed by atoms with van der Waals surface area (Å²) in [4.78, 5) is 2.50. The highest BCUT2D eigenvalue weighted by atomic mass is 16.5. The van der Waals surface area contributed by atoms with Gasteiger partial charge in [0.05, 0.1) is 12.8 Å². The van der Waals surface area contributed by atoms with Crippen molar-refractivity contribution < 1.29 is 14.6 Å². The van der Waals surface area contributed by atoms with Crippen molar-refractivity contribution in [1.29, 1.82) is 0 Å². The Morgan fingerprint density at radius 3 is 2.49 bits per heavy atom. The van der Waals surface area contributed by atoms with Gasteiger partial charge in [-0.15, -0.1) is 0 Å². The van der Waals surface area contributed by atoms with Crippen molar-refractivity contribution in [3.8, 4) is 28.4 Å².